The van der Waals surface area contributed by atoms with E-state index >= 15 is 0 Å². The van der Waals surface area contributed by atoms with Gasteiger partial charge >= 0.3 is 0 Å². The van der Waals surface area contributed by atoms with Crippen LogP contribution in [0, 0.1) is 5.92 Å². The Morgan fingerprint density at radius 1 is 1.21 bits per heavy atom. The summed E-state index contributed by atoms with van der Waals surface area (Å²) in [5.74, 6) is 2.92. The average molecular weight is 325 g/mol. The van der Waals surface area contributed by atoms with Gasteiger partial charge in [0.05, 0.1) is 5.39 Å². The lowest BCUT2D eigenvalue weighted by Gasteiger charge is -2.15. The lowest BCUT2D eigenvalue weighted by molar-refractivity contribution is 0.534. The van der Waals surface area contributed by atoms with Crippen molar-refractivity contribution < 1.29 is 0 Å². The Hall–Kier alpha value is -2.57. The van der Waals surface area contributed by atoms with E-state index in [9.17, 15) is 0 Å². The number of nitrogens with zero attached hydrogens (tertiary/aromatic N) is 4. The Bertz CT molecular complexity index is 844. The zero-order chi connectivity index (χ0) is 16.7. The first kappa shape index (κ1) is 15.0. The first-order valence-electron chi connectivity index (χ1n) is 8.54. The normalized spacial score (nSPS) is 15.8. The molecule has 3 aromatic heterocycles. The predicted molar refractivity (Wildman–Crippen MR) is 95.6 cm³/mol. The van der Waals surface area contributed by atoms with Gasteiger partial charge in [-0.15, -0.1) is 0 Å². The molecule has 0 spiro atoms. The number of anilines is 3. The highest BCUT2D eigenvalue weighted by Gasteiger charge is 2.28. The summed E-state index contributed by atoms with van der Waals surface area (Å²) >= 11 is 0. The van der Waals surface area contributed by atoms with Crippen molar-refractivity contribution in [2.24, 2.45) is 5.92 Å². The van der Waals surface area contributed by atoms with E-state index in [2.05, 4.69) is 51.5 Å². The van der Waals surface area contributed by atoms with Gasteiger partial charge in [0.15, 0.2) is 5.82 Å². The van der Waals surface area contributed by atoms with Gasteiger partial charge in [-0.2, -0.15) is 15.1 Å². The molecule has 0 radical (unpaired) electrons. The standard InChI is InChI=1S/C17H23N7/c1-10(2)24-9-7-14(23-24)20-17-21-15-13(6-8-18-15)16(22-17)19-11(3)12-4-5-12/h6-12H,4-5H2,1-3H3,(H3,18,19,20,21,22,23)/t11-/m0/s1. The molecule has 3 aromatic rings. The van der Waals surface area contributed by atoms with Gasteiger partial charge in [-0.3, -0.25) is 4.68 Å². The molecule has 7 heteroatoms. The maximum Gasteiger partial charge on any atom is 0.232 e. The lowest BCUT2D eigenvalue weighted by Crippen LogP contribution is -2.18. The summed E-state index contributed by atoms with van der Waals surface area (Å²) in [4.78, 5) is 12.4. The summed E-state index contributed by atoms with van der Waals surface area (Å²) in [6.07, 6.45) is 6.44. The number of aromatic nitrogens is 5. The molecule has 3 N–H and O–H groups in total. The number of hydrogen-bond donors (Lipinski definition) is 3. The Morgan fingerprint density at radius 2 is 2.04 bits per heavy atom. The van der Waals surface area contributed by atoms with E-state index in [-0.39, 0.29) is 0 Å². The molecule has 0 saturated heterocycles. The summed E-state index contributed by atoms with van der Waals surface area (Å²) in [6, 6.07) is 4.69. The number of fused-ring (bicyclic) bond motifs is 1. The Kier molecular flexibility index (Phi) is 3.63. The van der Waals surface area contributed by atoms with Crippen LogP contribution >= 0.6 is 0 Å². The van der Waals surface area contributed by atoms with Gasteiger partial charge in [0.25, 0.3) is 0 Å². The van der Waals surface area contributed by atoms with E-state index < -0.39 is 0 Å². The lowest BCUT2D eigenvalue weighted by atomic mass is 10.2. The quantitative estimate of drug-likeness (QED) is 0.644. The molecule has 0 bridgehead atoms. The fourth-order valence-corrected chi connectivity index (χ4v) is 2.84. The van der Waals surface area contributed by atoms with Crippen LogP contribution in [0.15, 0.2) is 24.5 Å². The molecule has 126 valence electrons. The first-order valence-corrected chi connectivity index (χ1v) is 8.54. The summed E-state index contributed by atoms with van der Waals surface area (Å²) in [6.45, 7) is 6.41. The molecular formula is C17H23N7. The summed E-state index contributed by atoms with van der Waals surface area (Å²) in [7, 11) is 0. The Balaban J connectivity index is 1.62. The van der Waals surface area contributed by atoms with E-state index in [1.165, 1.54) is 12.8 Å². The Labute approximate surface area is 140 Å². The van der Waals surface area contributed by atoms with Crippen molar-refractivity contribution >= 4 is 28.6 Å². The van der Waals surface area contributed by atoms with E-state index in [4.69, 9.17) is 0 Å². The van der Waals surface area contributed by atoms with Crippen molar-refractivity contribution in [3.05, 3.63) is 24.5 Å². The number of H-pyrrole nitrogens is 1. The number of hydrogen-bond acceptors (Lipinski definition) is 5. The van der Waals surface area contributed by atoms with Gasteiger partial charge in [-0.1, -0.05) is 0 Å². The smallest absolute Gasteiger partial charge is 0.232 e. The third kappa shape index (κ3) is 2.93. The first-order chi connectivity index (χ1) is 11.6. The largest absolute Gasteiger partial charge is 0.367 e. The Morgan fingerprint density at radius 3 is 2.75 bits per heavy atom. The van der Waals surface area contributed by atoms with Crippen molar-refractivity contribution in [3.63, 3.8) is 0 Å². The van der Waals surface area contributed by atoms with Crippen LogP contribution in [0.2, 0.25) is 0 Å². The third-order valence-corrected chi connectivity index (χ3v) is 4.49. The van der Waals surface area contributed by atoms with E-state index in [0.717, 1.165) is 28.6 Å². The molecule has 1 aliphatic rings. The average Bonchev–Trinajstić information content (AvgIpc) is 3.10. The molecule has 1 saturated carbocycles. The van der Waals surface area contributed by atoms with Crippen LogP contribution in [0.5, 0.6) is 0 Å². The maximum absolute atomic E-state index is 4.67. The highest BCUT2D eigenvalue weighted by Crippen LogP contribution is 2.34. The van der Waals surface area contributed by atoms with Gasteiger partial charge in [-0.05, 0) is 45.6 Å². The number of nitrogens with one attached hydrogen (secondary N) is 3. The van der Waals surface area contributed by atoms with Crippen LogP contribution < -0.4 is 10.6 Å². The zero-order valence-electron chi connectivity index (χ0n) is 14.2. The fourth-order valence-electron chi connectivity index (χ4n) is 2.84. The van der Waals surface area contributed by atoms with Crippen LogP contribution in [0.25, 0.3) is 11.0 Å². The molecule has 1 aliphatic carbocycles. The fraction of sp³-hybridized carbons (Fsp3) is 0.471. The van der Waals surface area contributed by atoms with Crippen LogP contribution in [-0.2, 0) is 0 Å². The third-order valence-electron chi connectivity index (χ3n) is 4.49. The molecule has 4 rings (SSSR count). The van der Waals surface area contributed by atoms with Gasteiger partial charge in [0, 0.05) is 30.5 Å². The minimum absolute atomic E-state index is 0.323. The predicted octanol–water partition coefficient (Wildman–Crippen LogP) is 3.69. The monoisotopic (exact) mass is 325 g/mol. The van der Waals surface area contributed by atoms with Crippen LogP contribution in [0.4, 0.5) is 17.6 Å². The summed E-state index contributed by atoms with van der Waals surface area (Å²) < 4.78 is 1.91. The summed E-state index contributed by atoms with van der Waals surface area (Å²) in [5.41, 5.74) is 0.821. The molecule has 0 unspecified atom stereocenters. The molecule has 0 aliphatic heterocycles. The van der Waals surface area contributed by atoms with E-state index in [0.29, 0.717) is 18.0 Å². The molecule has 1 fully saturated rings. The van der Waals surface area contributed by atoms with Gasteiger partial charge < -0.3 is 15.6 Å². The van der Waals surface area contributed by atoms with Gasteiger partial charge in [-0.25, -0.2) is 0 Å². The van der Waals surface area contributed by atoms with Crippen LogP contribution in [-0.4, -0.2) is 30.8 Å². The van der Waals surface area contributed by atoms with E-state index in [1.54, 1.807) is 0 Å². The van der Waals surface area contributed by atoms with E-state index in [1.807, 2.05) is 29.2 Å². The highest BCUT2D eigenvalue weighted by molar-refractivity contribution is 5.88. The minimum Gasteiger partial charge on any atom is -0.367 e. The zero-order valence-corrected chi connectivity index (χ0v) is 14.2. The minimum atomic E-state index is 0.323. The van der Waals surface area contributed by atoms with Crippen molar-refractivity contribution in [1.82, 2.24) is 24.7 Å². The second kappa shape index (κ2) is 5.81. The number of aromatic amines is 1. The topological polar surface area (TPSA) is 83.5 Å². The van der Waals surface area contributed by atoms with Crippen LogP contribution in [0.3, 0.4) is 0 Å². The second-order valence-corrected chi connectivity index (χ2v) is 6.81. The SMILES string of the molecule is CC(C)n1ccc(Nc2nc(N[C@@H](C)C3CC3)c3cc[nH]c3n2)n1. The molecular weight excluding hydrogens is 302 g/mol. The number of rotatable bonds is 6. The van der Waals surface area contributed by atoms with Crippen molar-refractivity contribution in [2.75, 3.05) is 10.6 Å². The van der Waals surface area contributed by atoms with Gasteiger partial charge in [0.2, 0.25) is 5.95 Å². The second-order valence-electron chi connectivity index (χ2n) is 6.81. The maximum atomic E-state index is 4.67. The van der Waals surface area contributed by atoms with Crippen molar-refractivity contribution in [3.8, 4) is 0 Å². The highest BCUT2D eigenvalue weighted by atomic mass is 15.3. The summed E-state index contributed by atoms with van der Waals surface area (Å²) in [5, 5.41) is 12.3. The molecule has 0 aromatic carbocycles. The molecule has 3 heterocycles. The molecule has 1 atom stereocenters. The van der Waals surface area contributed by atoms with Crippen molar-refractivity contribution in [2.45, 2.75) is 45.7 Å². The molecule has 0 amide bonds. The van der Waals surface area contributed by atoms with Crippen LogP contribution in [0.1, 0.15) is 39.7 Å². The van der Waals surface area contributed by atoms with Crippen molar-refractivity contribution in [1.29, 1.82) is 0 Å². The molecule has 7 nitrogen and oxygen atoms in total. The molecule has 24 heavy (non-hydrogen) atoms. The van der Waals surface area contributed by atoms with Gasteiger partial charge in [0.1, 0.15) is 11.5 Å².